The topological polar surface area (TPSA) is 35.5 Å². The van der Waals surface area contributed by atoms with Crippen molar-refractivity contribution in [2.24, 2.45) is 5.92 Å². The van der Waals surface area contributed by atoms with E-state index in [-0.39, 0.29) is 6.10 Å². The largest absolute Gasteiger partial charge is 0.390 e. The third kappa shape index (κ3) is 3.25. The van der Waals surface area contributed by atoms with Crippen LogP contribution in [0.5, 0.6) is 0 Å². The van der Waals surface area contributed by atoms with Gasteiger partial charge in [-0.15, -0.1) is 0 Å². The molecule has 0 aromatic carbocycles. The molecule has 13 heavy (non-hydrogen) atoms. The Morgan fingerprint density at radius 2 is 2.08 bits per heavy atom. The van der Waals surface area contributed by atoms with Gasteiger partial charge in [-0.3, -0.25) is 4.90 Å². The molecule has 1 heterocycles. The first-order valence-corrected chi connectivity index (χ1v) is 5.24. The highest BCUT2D eigenvalue weighted by atomic mass is 16.3. The third-order valence-electron chi connectivity index (χ3n) is 2.94. The van der Waals surface area contributed by atoms with Crippen molar-refractivity contribution in [1.82, 2.24) is 10.2 Å². The first-order valence-electron chi connectivity index (χ1n) is 5.24. The number of hydrogen-bond donors (Lipinski definition) is 2. The predicted molar refractivity (Wildman–Crippen MR) is 54.7 cm³/mol. The van der Waals surface area contributed by atoms with E-state index in [0.717, 1.165) is 26.2 Å². The highest BCUT2D eigenvalue weighted by molar-refractivity contribution is 4.78. The molecule has 1 aliphatic rings. The number of β-amino-alcohol motifs (C(OH)–C–C–N with tert-alkyl or cyclic N) is 1. The van der Waals surface area contributed by atoms with E-state index >= 15 is 0 Å². The summed E-state index contributed by atoms with van der Waals surface area (Å²) in [5.74, 6) is 0.658. The molecule has 0 aromatic rings. The van der Waals surface area contributed by atoms with Gasteiger partial charge in [0.25, 0.3) is 0 Å². The maximum absolute atomic E-state index is 9.59. The van der Waals surface area contributed by atoms with Gasteiger partial charge in [-0.1, -0.05) is 13.8 Å². The second kappa shape index (κ2) is 4.94. The molecule has 1 saturated heterocycles. The van der Waals surface area contributed by atoms with Gasteiger partial charge in [0, 0.05) is 32.2 Å². The van der Waals surface area contributed by atoms with Crippen LogP contribution in [0.4, 0.5) is 0 Å². The number of nitrogens with zero attached hydrogens (tertiary/aromatic N) is 1. The standard InChI is InChI=1S/C10H22N2O/c1-8(2)9(3)12-5-4-11-6-10(13)7-12/h8-11,13H,4-7H2,1-3H3/t9?,10-/m0/s1. The van der Waals surface area contributed by atoms with E-state index in [1.165, 1.54) is 0 Å². The molecule has 0 amide bonds. The summed E-state index contributed by atoms with van der Waals surface area (Å²) >= 11 is 0. The van der Waals surface area contributed by atoms with Gasteiger partial charge in [0.15, 0.2) is 0 Å². The molecule has 1 unspecified atom stereocenters. The summed E-state index contributed by atoms with van der Waals surface area (Å²) in [6.07, 6.45) is -0.205. The summed E-state index contributed by atoms with van der Waals surface area (Å²) in [4.78, 5) is 2.37. The van der Waals surface area contributed by atoms with Crippen molar-refractivity contribution < 1.29 is 5.11 Å². The number of rotatable bonds is 2. The minimum Gasteiger partial charge on any atom is -0.390 e. The van der Waals surface area contributed by atoms with Crippen molar-refractivity contribution in [1.29, 1.82) is 0 Å². The SMILES string of the molecule is CC(C)C(C)N1CCNC[C@H](O)C1. The summed E-state index contributed by atoms with van der Waals surface area (Å²) in [6.45, 7) is 10.3. The van der Waals surface area contributed by atoms with Gasteiger partial charge in [0.1, 0.15) is 0 Å². The Hall–Kier alpha value is -0.120. The van der Waals surface area contributed by atoms with Crippen LogP contribution in [0.15, 0.2) is 0 Å². The van der Waals surface area contributed by atoms with Gasteiger partial charge < -0.3 is 10.4 Å². The van der Waals surface area contributed by atoms with Crippen LogP contribution < -0.4 is 5.32 Å². The Bertz CT molecular complexity index is 150. The zero-order chi connectivity index (χ0) is 9.84. The van der Waals surface area contributed by atoms with Gasteiger partial charge in [-0.2, -0.15) is 0 Å². The van der Waals surface area contributed by atoms with Crippen molar-refractivity contribution in [3.8, 4) is 0 Å². The molecular weight excluding hydrogens is 164 g/mol. The van der Waals surface area contributed by atoms with Crippen LogP contribution in [0.25, 0.3) is 0 Å². The lowest BCUT2D eigenvalue weighted by Crippen LogP contribution is -2.41. The van der Waals surface area contributed by atoms with E-state index in [2.05, 4.69) is 31.0 Å². The van der Waals surface area contributed by atoms with E-state index in [9.17, 15) is 5.11 Å². The van der Waals surface area contributed by atoms with Crippen molar-refractivity contribution in [3.63, 3.8) is 0 Å². The zero-order valence-electron chi connectivity index (χ0n) is 8.95. The minimum absolute atomic E-state index is 0.205. The first kappa shape index (κ1) is 11.0. The van der Waals surface area contributed by atoms with E-state index in [1.54, 1.807) is 0 Å². The normalized spacial score (nSPS) is 28.8. The van der Waals surface area contributed by atoms with Crippen LogP contribution in [-0.4, -0.2) is 48.3 Å². The molecule has 2 atom stereocenters. The average molecular weight is 186 g/mol. The van der Waals surface area contributed by atoms with Crippen molar-refractivity contribution in [2.45, 2.75) is 32.9 Å². The van der Waals surface area contributed by atoms with E-state index in [4.69, 9.17) is 0 Å². The Morgan fingerprint density at radius 1 is 1.38 bits per heavy atom. The fourth-order valence-corrected chi connectivity index (χ4v) is 1.71. The average Bonchev–Trinajstić information content (AvgIpc) is 2.28. The zero-order valence-corrected chi connectivity index (χ0v) is 8.95. The molecule has 0 spiro atoms. The van der Waals surface area contributed by atoms with Gasteiger partial charge >= 0.3 is 0 Å². The Morgan fingerprint density at radius 3 is 2.69 bits per heavy atom. The number of hydrogen-bond acceptors (Lipinski definition) is 3. The van der Waals surface area contributed by atoms with Crippen LogP contribution in [0.2, 0.25) is 0 Å². The molecule has 3 heteroatoms. The first-order chi connectivity index (χ1) is 6.11. The van der Waals surface area contributed by atoms with Crippen molar-refractivity contribution in [3.05, 3.63) is 0 Å². The quantitative estimate of drug-likeness (QED) is 0.651. The molecule has 0 aliphatic carbocycles. The fourth-order valence-electron chi connectivity index (χ4n) is 1.71. The summed E-state index contributed by atoms with van der Waals surface area (Å²) in [5, 5.41) is 12.8. The Balaban J connectivity index is 2.47. The fraction of sp³-hybridized carbons (Fsp3) is 1.00. The summed E-state index contributed by atoms with van der Waals surface area (Å²) in [5.41, 5.74) is 0. The van der Waals surface area contributed by atoms with Gasteiger partial charge in [0.05, 0.1) is 6.10 Å². The van der Waals surface area contributed by atoms with Gasteiger partial charge in [-0.25, -0.2) is 0 Å². The molecule has 0 radical (unpaired) electrons. The molecule has 2 N–H and O–H groups in total. The maximum Gasteiger partial charge on any atom is 0.0791 e. The molecule has 0 saturated carbocycles. The van der Waals surface area contributed by atoms with Crippen LogP contribution in [0.3, 0.4) is 0 Å². The predicted octanol–water partition coefficient (Wildman–Crippen LogP) is 0.297. The van der Waals surface area contributed by atoms with Crippen molar-refractivity contribution >= 4 is 0 Å². The molecule has 1 aliphatic heterocycles. The number of aliphatic hydroxyl groups is 1. The lowest BCUT2D eigenvalue weighted by atomic mass is 10.0. The van der Waals surface area contributed by atoms with Crippen LogP contribution >= 0.6 is 0 Å². The summed E-state index contributed by atoms with van der Waals surface area (Å²) in [6, 6.07) is 0.564. The monoisotopic (exact) mass is 186 g/mol. The second-order valence-electron chi connectivity index (χ2n) is 4.34. The Kier molecular flexibility index (Phi) is 4.16. The number of nitrogens with one attached hydrogen (secondary N) is 1. The van der Waals surface area contributed by atoms with Gasteiger partial charge in [0.2, 0.25) is 0 Å². The van der Waals surface area contributed by atoms with Crippen LogP contribution in [0.1, 0.15) is 20.8 Å². The summed E-state index contributed by atoms with van der Waals surface area (Å²) in [7, 11) is 0. The Labute approximate surface area is 81.1 Å². The van der Waals surface area contributed by atoms with E-state index in [0.29, 0.717) is 12.0 Å². The van der Waals surface area contributed by atoms with Crippen LogP contribution in [0, 0.1) is 5.92 Å². The van der Waals surface area contributed by atoms with Gasteiger partial charge in [-0.05, 0) is 12.8 Å². The summed E-state index contributed by atoms with van der Waals surface area (Å²) < 4.78 is 0. The lowest BCUT2D eigenvalue weighted by Gasteiger charge is -2.31. The van der Waals surface area contributed by atoms with Crippen LogP contribution in [-0.2, 0) is 0 Å². The molecule has 1 rings (SSSR count). The van der Waals surface area contributed by atoms with E-state index in [1.807, 2.05) is 0 Å². The molecule has 0 bridgehead atoms. The lowest BCUT2D eigenvalue weighted by molar-refractivity contribution is 0.0956. The molecule has 0 aromatic heterocycles. The molecule has 78 valence electrons. The maximum atomic E-state index is 9.59. The minimum atomic E-state index is -0.205. The smallest absolute Gasteiger partial charge is 0.0791 e. The van der Waals surface area contributed by atoms with Crippen molar-refractivity contribution in [2.75, 3.05) is 26.2 Å². The third-order valence-corrected chi connectivity index (χ3v) is 2.94. The highest BCUT2D eigenvalue weighted by Crippen LogP contribution is 2.11. The molecule has 1 fully saturated rings. The molecule has 3 nitrogen and oxygen atoms in total. The molecular formula is C10H22N2O. The number of aliphatic hydroxyl groups excluding tert-OH is 1. The highest BCUT2D eigenvalue weighted by Gasteiger charge is 2.21. The second-order valence-corrected chi connectivity index (χ2v) is 4.34. The van der Waals surface area contributed by atoms with E-state index < -0.39 is 0 Å².